The first-order valence-electron chi connectivity index (χ1n) is 2.07. The van der Waals surface area contributed by atoms with E-state index in [2.05, 4.69) is 28.8 Å². The summed E-state index contributed by atoms with van der Waals surface area (Å²) < 4.78 is 0. The van der Waals surface area contributed by atoms with E-state index in [1.165, 1.54) is 0 Å². The zero-order chi connectivity index (χ0) is 6.24. The normalized spacial score (nSPS) is 6.62. The van der Waals surface area contributed by atoms with Crippen LogP contribution >= 0.6 is 0 Å². The molecule has 0 aromatic rings. The van der Waals surface area contributed by atoms with Crippen molar-refractivity contribution in [1.29, 1.82) is 0 Å². The van der Waals surface area contributed by atoms with Crippen molar-refractivity contribution < 1.29 is 0 Å². The standard InChI is InChI=1S/C6H4BN/c1-2-3-4-5-8-6-7/h6H,1H3. The van der Waals surface area contributed by atoms with Crippen molar-refractivity contribution in [2.75, 3.05) is 0 Å². The van der Waals surface area contributed by atoms with Crippen molar-refractivity contribution in [2.24, 2.45) is 4.99 Å². The van der Waals surface area contributed by atoms with Crippen LogP contribution in [-0.2, 0) is 0 Å². The molecule has 0 bridgehead atoms. The van der Waals surface area contributed by atoms with E-state index in [1.807, 2.05) is 0 Å². The molecular weight excluding hydrogens is 96.9 g/mol. The predicted molar refractivity (Wildman–Crippen MR) is 35.5 cm³/mol. The molecule has 8 heavy (non-hydrogen) atoms. The molecule has 0 aromatic heterocycles. The molecule has 0 aliphatic carbocycles. The second-order valence-corrected chi connectivity index (χ2v) is 0.890. The summed E-state index contributed by atoms with van der Waals surface area (Å²) in [4.78, 5) is 3.40. The van der Waals surface area contributed by atoms with Gasteiger partial charge in [0, 0.05) is 12.0 Å². The molecule has 2 radical (unpaired) electrons. The van der Waals surface area contributed by atoms with Crippen LogP contribution in [-0.4, -0.2) is 14.0 Å². The Hall–Kier alpha value is -1.15. The van der Waals surface area contributed by atoms with Crippen molar-refractivity contribution in [1.82, 2.24) is 0 Å². The minimum absolute atomic E-state index is 1.13. The summed E-state index contributed by atoms with van der Waals surface area (Å²) in [7, 11) is 4.87. The van der Waals surface area contributed by atoms with Gasteiger partial charge in [0.25, 0.3) is 0 Å². The maximum atomic E-state index is 4.87. The van der Waals surface area contributed by atoms with Gasteiger partial charge in [0.05, 0.1) is 0 Å². The Morgan fingerprint density at radius 3 is 2.75 bits per heavy atom. The largest absolute Gasteiger partial charge is 0.221 e. The van der Waals surface area contributed by atoms with E-state index in [0.717, 1.165) is 6.11 Å². The minimum atomic E-state index is 1.13. The Bertz CT molecular complexity index is 184. The highest BCUT2D eigenvalue weighted by molar-refractivity contribution is 6.49. The second kappa shape index (κ2) is 5.85. The number of aliphatic imine (C=N–C) groups is 1. The van der Waals surface area contributed by atoms with Gasteiger partial charge in [-0.15, -0.1) is 0 Å². The lowest BCUT2D eigenvalue weighted by Gasteiger charge is -1.58. The van der Waals surface area contributed by atoms with E-state index in [9.17, 15) is 0 Å². The fraction of sp³-hybridized carbons (Fsp3) is 0.167. The van der Waals surface area contributed by atoms with E-state index in [1.54, 1.807) is 6.92 Å². The van der Waals surface area contributed by atoms with Crippen LogP contribution in [0.25, 0.3) is 0 Å². The fourth-order valence-corrected chi connectivity index (χ4v) is 0.160. The van der Waals surface area contributed by atoms with Crippen molar-refractivity contribution in [3.8, 4) is 23.8 Å². The van der Waals surface area contributed by atoms with Gasteiger partial charge in [-0.1, -0.05) is 5.92 Å². The van der Waals surface area contributed by atoms with E-state index in [-0.39, 0.29) is 0 Å². The Labute approximate surface area is 50.6 Å². The summed E-state index contributed by atoms with van der Waals surface area (Å²) >= 11 is 0. The first kappa shape index (κ1) is 6.85. The van der Waals surface area contributed by atoms with Crippen molar-refractivity contribution in [3.05, 3.63) is 0 Å². The molecule has 0 amide bonds. The molecule has 36 valence electrons. The van der Waals surface area contributed by atoms with Crippen LogP contribution in [0.2, 0.25) is 0 Å². The molecule has 0 saturated carbocycles. The number of hydrogen-bond donors (Lipinski definition) is 0. The summed E-state index contributed by atoms with van der Waals surface area (Å²) in [6.45, 7) is 1.71. The van der Waals surface area contributed by atoms with E-state index in [4.69, 9.17) is 7.85 Å². The Kier molecular flexibility index (Phi) is 5.02. The van der Waals surface area contributed by atoms with E-state index >= 15 is 0 Å². The van der Waals surface area contributed by atoms with E-state index in [0.29, 0.717) is 0 Å². The molecule has 0 aliphatic rings. The SMILES string of the molecule is [B]C=NC#CC#CC. The molecule has 0 rings (SSSR count). The topological polar surface area (TPSA) is 12.4 Å². The lowest BCUT2D eigenvalue weighted by Crippen LogP contribution is -1.61. The smallest absolute Gasteiger partial charge is 0.131 e. The quantitative estimate of drug-likeness (QED) is 0.234. The fourth-order valence-electron chi connectivity index (χ4n) is 0.160. The average molecular weight is 101 g/mol. The molecule has 0 unspecified atom stereocenters. The maximum absolute atomic E-state index is 4.87. The summed E-state index contributed by atoms with van der Waals surface area (Å²) in [5.74, 6) is 7.54. The van der Waals surface area contributed by atoms with Gasteiger partial charge >= 0.3 is 0 Å². The molecule has 0 N–H and O–H groups in total. The van der Waals surface area contributed by atoms with Crippen LogP contribution in [0, 0.1) is 23.8 Å². The highest BCUT2D eigenvalue weighted by Gasteiger charge is 1.50. The van der Waals surface area contributed by atoms with E-state index < -0.39 is 0 Å². The van der Waals surface area contributed by atoms with Gasteiger partial charge in [0.1, 0.15) is 7.85 Å². The summed E-state index contributed by atoms with van der Waals surface area (Å²) in [6.07, 6.45) is 1.13. The zero-order valence-corrected chi connectivity index (χ0v) is 4.60. The predicted octanol–water partition coefficient (Wildman–Crippen LogP) is 0.167. The third-order valence-corrected chi connectivity index (χ3v) is 0.382. The zero-order valence-electron chi connectivity index (χ0n) is 4.60. The van der Waals surface area contributed by atoms with Crippen LogP contribution in [0.5, 0.6) is 0 Å². The Balaban J connectivity index is 3.63. The number of nitrogens with zero attached hydrogens (tertiary/aromatic N) is 1. The molecule has 0 aliphatic heterocycles. The molecule has 0 saturated heterocycles. The summed E-state index contributed by atoms with van der Waals surface area (Å²) in [5.41, 5.74) is 0. The van der Waals surface area contributed by atoms with Crippen LogP contribution < -0.4 is 0 Å². The molecule has 1 nitrogen and oxygen atoms in total. The molecule has 0 heterocycles. The highest BCUT2D eigenvalue weighted by Crippen LogP contribution is 1.54. The summed E-state index contributed by atoms with van der Waals surface area (Å²) in [5, 5.41) is 0. The monoisotopic (exact) mass is 101 g/mol. The minimum Gasteiger partial charge on any atom is -0.221 e. The number of rotatable bonds is 0. The summed E-state index contributed by atoms with van der Waals surface area (Å²) in [6, 6.07) is 2.36. The Morgan fingerprint density at radius 2 is 2.25 bits per heavy atom. The molecule has 0 spiro atoms. The first-order valence-corrected chi connectivity index (χ1v) is 2.07. The van der Waals surface area contributed by atoms with Gasteiger partial charge in [0.2, 0.25) is 0 Å². The molecule has 0 fully saturated rings. The molecule has 0 atom stereocenters. The van der Waals surface area contributed by atoms with Crippen LogP contribution in [0.1, 0.15) is 6.92 Å². The van der Waals surface area contributed by atoms with Gasteiger partial charge in [-0.05, 0) is 19.0 Å². The van der Waals surface area contributed by atoms with Crippen LogP contribution in [0.3, 0.4) is 0 Å². The lowest BCUT2D eigenvalue weighted by atomic mass is 10.2. The number of hydrogen-bond acceptors (Lipinski definition) is 1. The maximum Gasteiger partial charge on any atom is 0.131 e. The Morgan fingerprint density at radius 1 is 1.50 bits per heavy atom. The third kappa shape index (κ3) is 4.85. The van der Waals surface area contributed by atoms with Gasteiger partial charge in [-0.25, -0.2) is 4.99 Å². The van der Waals surface area contributed by atoms with Crippen molar-refractivity contribution >= 4 is 14.0 Å². The highest BCUT2D eigenvalue weighted by atomic mass is 14.6. The van der Waals surface area contributed by atoms with Gasteiger partial charge in [-0.2, -0.15) is 0 Å². The van der Waals surface area contributed by atoms with Crippen LogP contribution in [0.15, 0.2) is 4.99 Å². The lowest BCUT2D eigenvalue weighted by molar-refractivity contribution is 1.74. The molecular formula is C6H4BN. The van der Waals surface area contributed by atoms with Gasteiger partial charge in [0.15, 0.2) is 0 Å². The molecule has 0 aromatic carbocycles. The van der Waals surface area contributed by atoms with Crippen molar-refractivity contribution in [3.63, 3.8) is 0 Å². The second-order valence-electron chi connectivity index (χ2n) is 0.890. The third-order valence-electron chi connectivity index (χ3n) is 0.382. The van der Waals surface area contributed by atoms with Gasteiger partial charge < -0.3 is 0 Å². The van der Waals surface area contributed by atoms with Crippen LogP contribution in [0.4, 0.5) is 0 Å². The average Bonchev–Trinajstić information content (AvgIpc) is 1.81. The first-order chi connectivity index (χ1) is 3.91. The molecule has 2 heteroatoms. The van der Waals surface area contributed by atoms with Crippen molar-refractivity contribution in [2.45, 2.75) is 6.92 Å². The van der Waals surface area contributed by atoms with Gasteiger partial charge in [-0.3, -0.25) is 0 Å².